The predicted molar refractivity (Wildman–Crippen MR) is 90.6 cm³/mol. The minimum Gasteiger partial charge on any atom is -0.457 e. The molecule has 0 aliphatic carbocycles. The summed E-state index contributed by atoms with van der Waals surface area (Å²) < 4.78 is 5.83. The van der Waals surface area contributed by atoms with Gasteiger partial charge in [0, 0.05) is 4.88 Å². The Kier molecular flexibility index (Phi) is 5.39. The zero-order chi connectivity index (χ0) is 13.8. The van der Waals surface area contributed by atoms with Gasteiger partial charge in [0.25, 0.3) is 0 Å². The molecule has 21 heavy (non-hydrogen) atoms. The molecule has 0 amide bonds. The van der Waals surface area contributed by atoms with Gasteiger partial charge in [-0.1, -0.05) is 36.4 Å². The number of halogens is 1. The van der Waals surface area contributed by atoms with Crippen molar-refractivity contribution in [3.05, 3.63) is 82.6 Å². The molecular formula is C17H16ClNOS. The minimum atomic E-state index is -0.102. The highest BCUT2D eigenvalue weighted by Crippen LogP contribution is 2.28. The van der Waals surface area contributed by atoms with Crippen LogP contribution in [0.2, 0.25) is 0 Å². The second kappa shape index (κ2) is 7.27. The molecule has 0 bridgehead atoms. The topological polar surface area (TPSA) is 35.2 Å². The zero-order valence-electron chi connectivity index (χ0n) is 11.3. The van der Waals surface area contributed by atoms with Crippen molar-refractivity contribution >= 4 is 23.7 Å². The van der Waals surface area contributed by atoms with Crippen molar-refractivity contribution in [2.45, 2.75) is 6.04 Å². The smallest absolute Gasteiger partial charge is 0.127 e. The van der Waals surface area contributed by atoms with Crippen LogP contribution >= 0.6 is 23.7 Å². The molecule has 0 aliphatic rings. The summed E-state index contributed by atoms with van der Waals surface area (Å²) in [5, 5.41) is 2.04. The van der Waals surface area contributed by atoms with Gasteiger partial charge < -0.3 is 10.5 Å². The summed E-state index contributed by atoms with van der Waals surface area (Å²) in [6.07, 6.45) is 0. The number of ether oxygens (including phenoxy) is 1. The molecule has 3 rings (SSSR count). The van der Waals surface area contributed by atoms with E-state index in [2.05, 4.69) is 6.07 Å². The first-order chi connectivity index (χ1) is 9.83. The molecule has 0 fully saturated rings. The summed E-state index contributed by atoms with van der Waals surface area (Å²) in [6, 6.07) is 21.7. The lowest BCUT2D eigenvalue weighted by molar-refractivity contribution is 0.481. The van der Waals surface area contributed by atoms with E-state index < -0.39 is 0 Å². The molecule has 2 nitrogen and oxygen atoms in total. The minimum absolute atomic E-state index is 0. The Hall–Kier alpha value is -1.81. The van der Waals surface area contributed by atoms with Crippen LogP contribution in [-0.2, 0) is 0 Å². The van der Waals surface area contributed by atoms with Crippen LogP contribution in [0.1, 0.15) is 16.5 Å². The number of thiophene rings is 1. The van der Waals surface area contributed by atoms with Gasteiger partial charge in [-0.2, -0.15) is 0 Å². The third kappa shape index (κ3) is 3.85. The number of benzene rings is 2. The van der Waals surface area contributed by atoms with Gasteiger partial charge >= 0.3 is 0 Å². The van der Waals surface area contributed by atoms with Gasteiger partial charge in [0.1, 0.15) is 11.5 Å². The number of para-hydroxylation sites is 1. The first kappa shape index (κ1) is 15.6. The average Bonchev–Trinajstić information content (AvgIpc) is 3.02. The standard InChI is InChI=1S/C17H15NOS.ClH/c18-17(16-10-5-11-20-16)13-6-4-9-15(12-13)19-14-7-2-1-3-8-14;/h1-12,17H,18H2;1H/t17-;/m1./s1. The Bertz CT molecular complexity index is 670. The molecule has 2 N–H and O–H groups in total. The van der Waals surface area contributed by atoms with Crippen molar-refractivity contribution in [1.29, 1.82) is 0 Å². The fraction of sp³-hybridized carbons (Fsp3) is 0.0588. The summed E-state index contributed by atoms with van der Waals surface area (Å²) in [5.74, 6) is 1.63. The van der Waals surface area contributed by atoms with Crippen molar-refractivity contribution < 1.29 is 4.74 Å². The largest absolute Gasteiger partial charge is 0.457 e. The van der Waals surface area contributed by atoms with E-state index in [-0.39, 0.29) is 18.4 Å². The van der Waals surface area contributed by atoms with E-state index >= 15 is 0 Å². The molecule has 0 radical (unpaired) electrons. The SMILES string of the molecule is Cl.N[C@H](c1cccc(Oc2ccccc2)c1)c1cccs1. The molecule has 2 aromatic carbocycles. The van der Waals surface area contributed by atoms with Crippen LogP contribution in [0.15, 0.2) is 72.1 Å². The monoisotopic (exact) mass is 317 g/mol. The van der Waals surface area contributed by atoms with E-state index in [0.29, 0.717) is 0 Å². The lowest BCUT2D eigenvalue weighted by Crippen LogP contribution is -2.09. The third-order valence-electron chi connectivity index (χ3n) is 3.05. The molecular weight excluding hydrogens is 302 g/mol. The summed E-state index contributed by atoms with van der Waals surface area (Å²) in [4.78, 5) is 1.15. The first-order valence-electron chi connectivity index (χ1n) is 6.45. The molecule has 0 saturated carbocycles. The summed E-state index contributed by atoms with van der Waals surface area (Å²) >= 11 is 1.67. The van der Waals surface area contributed by atoms with Crippen LogP contribution in [0.5, 0.6) is 11.5 Å². The van der Waals surface area contributed by atoms with E-state index in [9.17, 15) is 0 Å². The number of hydrogen-bond acceptors (Lipinski definition) is 3. The number of nitrogens with two attached hydrogens (primary N) is 1. The van der Waals surface area contributed by atoms with E-state index in [0.717, 1.165) is 21.9 Å². The quantitative estimate of drug-likeness (QED) is 0.734. The van der Waals surface area contributed by atoms with Crippen LogP contribution in [-0.4, -0.2) is 0 Å². The molecule has 1 aromatic heterocycles. The second-order valence-corrected chi connectivity index (χ2v) is 5.46. The maximum atomic E-state index is 6.28. The first-order valence-corrected chi connectivity index (χ1v) is 7.33. The Morgan fingerprint density at radius 3 is 2.33 bits per heavy atom. The van der Waals surface area contributed by atoms with Crippen molar-refractivity contribution in [2.24, 2.45) is 5.73 Å². The van der Waals surface area contributed by atoms with E-state index in [1.165, 1.54) is 0 Å². The molecule has 0 saturated heterocycles. The van der Waals surface area contributed by atoms with Crippen molar-refractivity contribution in [3.8, 4) is 11.5 Å². The van der Waals surface area contributed by atoms with Gasteiger partial charge in [0.15, 0.2) is 0 Å². The van der Waals surface area contributed by atoms with Crippen LogP contribution in [0, 0.1) is 0 Å². The van der Waals surface area contributed by atoms with Crippen molar-refractivity contribution in [3.63, 3.8) is 0 Å². The molecule has 0 aliphatic heterocycles. The average molecular weight is 318 g/mol. The van der Waals surface area contributed by atoms with Crippen LogP contribution in [0.4, 0.5) is 0 Å². The number of hydrogen-bond donors (Lipinski definition) is 1. The van der Waals surface area contributed by atoms with Crippen LogP contribution in [0.25, 0.3) is 0 Å². The van der Waals surface area contributed by atoms with Gasteiger partial charge in [0.05, 0.1) is 6.04 Å². The Morgan fingerprint density at radius 2 is 1.62 bits per heavy atom. The van der Waals surface area contributed by atoms with Crippen LogP contribution in [0.3, 0.4) is 0 Å². The van der Waals surface area contributed by atoms with Gasteiger partial charge in [-0.05, 0) is 41.3 Å². The maximum Gasteiger partial charge on any atom is 0.127 e. The highest BCUT2D eigenvalue weighted by Gasteiger charge is 2.10. The van der Waals surface area contributed by atoms with Gasteiger partial charge in [-0.3, -0.25) is 0 Å². The predicted octanol–water partition coefficient (Wildman–Crippen LogP) is 5.01. The molecule has 3 aromatic rings. The maximum absolute atomic E-state index is 6.28. The molecule has 1 atom stereocenters. The highest BCUT2D eigenvalue weighted by molar-refractivity contribution is 7.10. The Balaban J connectivity index is 0.00000161. The lowest BCUT2D eigenvalue weighted by Gasteiger charge is -2.12. The van der Waals surface area contributed by atoms with Gasteiger partial charge in [0.2, 0.25) is 0 Å². The van der Waals surface area contributed by atoms with Crippen molar-refractivity contribution in [2.75, 3.05) is 0 Å². The van der Waals surface area contributed by atoms with E-state index in [1.54, 1.807) is 11.3 Å². The highest BCUT2D eigenvalue weighted by atomic mass is 35.5. The molecule has 4 heteroatoms. The summed E-state index contributed by atoms with van der Waals surface area (Å²) in [7, 11) is 0. The molecule has 0 unspecified atom stereocenters. The van der Waals surface area contributed by atoms with Gasteiger partial charge in [-0.15, -0.1) is 23.7 Å². The van der Waals surface area contributed by atoms with E-state index in [1.807, 2.05) is 66.0 Å². The Labute approximate surface area is 134 Å². The van der Waals surface area contributed by atoms with Gasteiger partial charge in [-0.25, -0.2) is 0 Å². The van der Waals surface area contributed by atoms with Crippen molar-refractivity contribution in [1.82, 2.24) is 0 Å². The fourth-order valence-corrected chi connectivity index (χ4v) is 2.78. The molecule has 1 heterocycles. The third-order valence-corrected chi connectivity index (χ3v) is 4.00. The molecule has 108 valence electrons. The summed E-state index contributed by atoms with van der Waals surface area (Å²) in [6.45, 7) is 0. The number of rotatable bonds is 4. The normalized spacial score (nSPS) is 11.5. The fourth-order valence-electron chi connectivity index (χ4n) is 2.03. The summed E-state index contributed by atoms with van der Waals surface area (Å²) in [5.41, 5.74) is 7.33. The zero-order valence-corrected chi connectivity index (χ0v) is 12.9. The van der Waals surface area contributed by atoms with E-state index in [4.69, 9.17) is 10.5 Å². The lowest BCUT2D eigenvalue weighted by atomic mass is 10.1. The van der Waals surface area contributed by atoms with Crippen LogP contribution < -0.4 is 10.5 Å². The molecule has 0 spiro atoms. The Morgan fingerprint density at radius 1 is 0.857 bits per heavy atom. The second-order valence-electron chi connectivity index (χ2n) is 4.48.